The summed E-state index contributed by atoms with van der Waals surface area (Å²) in [5.41, 5.74) is 0.972. The summed E-state index contributed by atoms with van der Waals surface area (Å²) in [6.07, 6.45) is 5.36. The maximum absolute atomic E-state index is 4.24. The summed E-state index contributed by atoms with van der Waals surface area (Å²) in [5.74, 6) is 0.804. The number of hydrogen-bond acceptors (Lipinski definition) is 3. The molecule has 2 rings (SSSR count). The highest BCUT2D eigenvalue weighted by Crippen LogP contribution is 2.22. The van der Waals surface area contributed by atoms with E-state index in [1.54, 1.807) is 17.1 Å². The van der Waals surface area contributed by atoms with Gasteiger partial charge < -0.3 is 5.32 Å². The minimum atomic E-state index is 0.804. The number of aromatic nitrogens is 3. The maximum Gasteiger partial charge on any atom is 0.166 e. The largest absolute Gasteiger partial charge is 0.338 e. The monoisotopic (exact) mass is 252 g/mol. The van der Waals surface area contributed by atoms with Crippen molar-refractivity contribution in [3.05, 3.63) is 35.2 Å². The lowest BCUT2D eigenvalue weighted by Gasteiger charge is -2.01. The van der Waals surface area contributed by atoms with Crippen LogP contribution in [-0.2, 0) is 7.05 Å². The van der Waals surface area contributed by atoms with Crippen LogP contribution >= 0.6 is 15.9 Å². The smallest absolute Gasteiger partial charge is 0.166 e. The molecule has 14 heavy (non-hydrogen) atoms. The van der Waals surface area contributed by atoms with Crippen molar-refractivity contribution in [1.82, 2.24) is 14.8 Å². The summed E-state index contributed by atoms with van der Waals surface area (Å²) >= 11 is 3.41. The highest BCUT2D eigenvalue weighted by atomic mass is 79.9. The minimum Gasteiger partial charge on any atom is -0.338 e. The molecule has 0 saturated heterocycles. The van der Waals surface area contributed by atoms with Gasteiger partial charge in [0, 0.05) is 31.3 Å². The molecule has 0 aliphatic rings. The predicted molar refractivity (Wildman–Crippen MR) is 58.4 cm³/mol. The Bertz CT molecular complexity index is 424. The van der Waals surface area contributed by atoms with Crippen molar-refractivity contribution in [2.24, 2.45) is 7.05 Å². The summed E-state index contributed by atoms with van der Waals surface area (Å²) in [4.78, 5) is 3.94. The zero-order valence-corrected chi connectivity index (χ0v) is 9.19. The zero-order valence-electron chi connectivity index (χ0n) is 7.61. The molecule has 2 heterocycles. The Hall–Kier alpha value is -1.36. The molecule has 0 aliphatic heterocycles. The summed E-state index contributed by atoms with van der Waals surface area (Å²) in [5, 5.41) is 7.42. The van der Waals surface area contributed by atoms with Crippen LogP contribution in [0, 0.1) is 0 Å². The Morgan fingerprint density at radius 3 is 2.64 bits per heavy atom. The van der Waals surface area contributed by atoms with Gasteiger partial charge in [-0.3, -0.25) is 9.67 Å². The van der Waals surface area contributed by atoms with Crippen molar-refractivity contribution in [2.45, 2.75) is 0 Å². The molecule has 1 N–H and O–H groups in total. The van der Waals surface area contributed by atoms with Crippen LogP contribution in [0.25, 0.3) is 0 Å². The first kappa shape index (κ1) is 9.21. The number of rotatable bonds is 2. The van der Waals surface area contributed by atoms with Crippen LogP contribution in [0.5, 0.6) is 0 Å². The van der Waals surface area contributed by atoms with Gasteiger partial charge in [-0.2, -0.15) is 5.10 Å². The van der Waals surface area contributed by atoms with Gasteiger partial charge in [0.1, 0.15) is 0 Å². The Morgan fingerprint density at radius 2 is 2.07 bits per heavy atom. The lowest BCUT2D eigenvalue weighted by atomic mass is 10.4. The number of aryl methyl sites for hydroxylation is 1. The van der Waals surface area contributed by atoms with E-state index in [4.69, 9.17) is 0 Å². The number of hydrogen-bond donors (Lipinski definition) is 1. The highest BCUT2D eigenvalue weighted by molar-refractivity contribution is 9.10. The van der Waals surface area contributed by atoms with Gasteiger partial charge in [0.25, 0.3) is 0 Å². The molecule has 2 aromatic heterocycles. The molecule has 0 aliphatic carbocycles. The molecule has 0 unspecified atom stereocenters. The molecule has 0 atom stereocenters. The Morgan fingerprint density at radius 1 is 1.36 bits per heavy atom. The molecule has 0 radical (unpaired) electrons. The minimum absolute atomic E-state index is 0.804. The summed E-state index contributed by atoms with van der Waals surface area (Å²) < 4.78 is 2.69. The fraction of sp³-hybridized carbons (Fsp3) is 0.111. The van der Waals surface area contributed by atoms with Gasteiger partial charge in [0.2, 0.25) is 0 Å². The van der Waals surface area contributed by atoms with E-state index in [-0.39, 0.29) is 0 Å². The van der Waals surface area contributed by atoms with E-state index >= 15 is 0 Å². The standard InChI is InChI=1S/C9H9BrN4/c1-14-6-8(10)9(13-14)12-7-2-4-11-5-3-7/h2-6H,1H3,(H,11,12,13). The molecule has 0 aromatic carbocycles. The molecule has 0 fully saturated rings. The number of anilines is 2. The van der Waals surface area contributed by atoms with Crippen molar-refractivity contribution in [1.29, 1.82) is 0 Å². The van der Waals surface area contributed by atoms with Crippen molar-refractivity contribution >= 4 is 27.4 Å². The van der Waals surface area contributed by atoms with Crippen LogP contribution in [0.3, 0.4) is 0 Å². The second-order valence-corrected chi connectivity index (χ2v) is 3.71. The lowest BCUT2D eigenvalue weighted by Crippen LogP contribution is -1.93. The molecule has 0 bridgehead atoms. The van der Waals surface area contributed by atoms with E-state index in [2.05, 4.69) is 31.3 Å². The molecular formula is C9H9BrN4. The fourth-order valence-electron chi connectivity index (χ4n) is 1.12. The average Bonchev–Trinajstić information content (AvgIpc) is 2.47. The van der Waals surface area contributed by atoms with Gasteiger partial charge in [0.05, 0.1) is 4.47 Å². The molecule has 2 aromatic rings. The van der Waals surface area contributed by atoms with Gasteiger partial charge >= 0.3 is 0 Å². The van der Waals surface area contributed by atoms with Crippen LogP contribution in [0.15, 0.2) is 35.2 Å². The molecule has 72 valence electrons. The van der Waals surface area contributed by atoms with E-state index in [0.29, 0.717) is 0 Å². The number of halogens is 1. The first-order chi connectivity index (χ1) is 6.75. The van der Waals surface area contributed by atoms with Crippen LogP contribution in [0.1, 0.15) is 0 Å². The van der Waals surface area contributed by atoms with Crippen LogP contribution < -0.4 is 5.32 Å². The highest BCUT2D eigenvalue weighted by Gasteiger charge is 2.03. The third kappa shape index (κ3) is 1.93. The summed E-state index contributed by atoms with van der Waals surface area (Å²) in [6.45, 7) is 0. The zero-order chi connectivity index (χ0) is 9.97. The van der Waals surface area contributed by atoms with Crippen molar-refractivity contribution in [3.63, 3.8) is 0 Å². The Kier molecular flexibility index (Phi) is 2.49. The molecule has 5 heteroatoms. The molecule has 0 spiro atoms. The molecule has 4 nitrogen and oxygen atoms in total. The third-order valence-electron chi connectivity index (χ3n) is 1.73. The van der Waals surface area contributed by atoms with Crippen molar-refractivity contribution in [3.8, 4) is 0 Å². The van der Waals surface area contributed by atoms with Gasteiger partial charge in [-0.25, -0.2) is 0 Å². The second kappa shape index (κ2) is 3.79. The summed E-state index contributed by atoms with van der Waals surface area (Å²) in [7, 11) is 1.88. The van der Waals surface area contributed by atoms with E-state index < -0.39 is 0 Å². The second-order valence-electron chi connectivity index (χ2n) is 2.86. The summed E-state index contributed by atoms with van der Waals surface area (Å²) in [6, 6.07) is 3.78. The Balaban J connectivity index is 2.23. The van der Waals surface area contributed by atoms with Gasteiger partial charge in [-0.05, 0) is 28.1 Å². The van der Waals surface area contributed by atoms with E-state index in [1.807, 2.05) is 25.4 Å². The van der Waals surface area contributed by atoms with Gasteiger partial charge in [0.15, 0.2) is 5.82 Å². The van der Waals surface area contributed by atoms with Crippen LogP contribution in [0.4, 0.5) is 11.5 Å². The fourth-order valence-corrected chi connectivity index (χ4v) is 1.59. The van der Waals surface area contributed by atoms with Crippen LogP contribution in [-0.4, -0.2) is 14.8 Å². The van der Waals surface area contributed by atoms with E-state index in [9.17, 15) is 0 Å². The molecular weight excluding hydrogens is 244 g/mol. The van der Waals surface area contributed by atoms with Crippen LogP contribution in [0.2, 0.25) is 0 Å². The maximum atomic E-state index is 4.24. The quantitative estimate of drug-likeness (QED) is 0.893. The topological polar surface area (TPSA) is 42.7 Å². The number of nitrogens with zero attached hydrogens (tertiary/aromatic N) is 3. The molecule has 0 saturated carbocycles. The van der Waals surface area contributed by atoms with Crippen molar-refractivity contribution < 1.29 is 0 Å². The normalized spacial score (nSPS) is 10.1. The number of nitrogens with one attached hydrogen (secondary N) is 1. The first-order valence-electron chi connectivity index (χ1n) is 4.12. The Labute approximate surface area is 90.1 Å². The molecule has 0 amide bonds. The number of pyridine rings is 1. The average molecular weight is 253 g/mol. The van der Waals surface area contributed by atoms with Crippen molar-refractivity contribution in [2.75, 3.05) is 5.32 Å². The van der Waals surface area contributed by atoms with E-state index in [0.717, 1.165) is 16.0 Å². The van der Waals surface area contributed by atoms with Gasteiger partial charge in [-0.15, -0.1) is 0 Å². The predicted octanol–water partition coefficient (Wildman–Crippen LogP) is 2.32. The third-order valence-corrected chi connectivity index (χ3v) is 2.31. The lowest BCUT2D eigenvalue weighted by molar-refractivity contribution is 0.771. The van der Waals surface area contributed by atoms with Gasteiger partial charge in [-0.1, -0.05) is 0 Å². The SMILES string of the molecule is Cn1cc(Br)c(Nc2ccncc2)n1. The van der Waals surface area contributed by atoms with E-state index in [1.165, 1.54) is 0 Å². The first-order valence-corrected chi connectivity index (χ1v) is 4.91.